The van der Waals surface area contributed by atoms with Crippen molar-refractivity contribution < 1.29 is 4.79 Å². The highest BCUT2D eigenvalue weighted by molar-refractivity contribution is 7.13. The third kappa shape index (κ3) is 3.00. The highest BCUT2D eigenvalue weighted by Gasteiger charge is 2.35. The Morgan fingerprint density at radius 2 is 2.15 bits per heavy atom. The third-order valence-electron chi connectivity index (χ3n) is 5.43. The lowest BCUT2D eigenvalue weighted by Crippen LogP contribution is -2.57. The molecular weight excluding hydrogens is 370 g/mol. The molecule has 3 aliphatic heterocycles. The topological polar surface area (TPSA) is 73.9 Å². The van der Waals surface area contributed by atoms with Crippen molar-refractivity contribution in [3.8, 4) is 10.6 Å². The standard InChI is InChI=1S/C18H19N5OS.ClH/c24-17(20-15-10-23-6-3-11(15)4-7-23)16-13-2-1-12(9-14(13)21-22-16)18-19-5-8-25-18;/h1-2,5,8-9,11,15H,3-4,6-7,10H2,(H,20,24)(H,21,22);1H/t15-;/m0./s1. The number of hydrogen-bond acceptors (Lipinski definition) is 5. The molecule has 6 nitrogen and oxygen atoms in total. The monoisotopic (exact) mass is 389 g/mol. The second-order valence-electron chi connectivity index (χ2n) is 6.89. The molecule has 1 aromatic carbocycles. The van der Waals surface area contributed by atoms with E-state index in [0.717, 1.165) is 28.0 Å². The zero-order chi connectivity index (χ0) is 16.8. The van der Waals surface area contributed by atoms with Gasteiger partial charge in [0.05, 0.1) is 5.52 Å². The van der Waals surface area contributed by atoms with Gasteiger partial charge in [0.2, 0.25) is 0 Å². The normalized spacial score (nSPS) is 24.4. The van der Waals surface area contributed by atoms with Crippen LogP contribution < -0.4 is 5.32 Å². The first-order chi connectivity index (χ1) is 12.3. The van der Waals surface area contributed by atoms with Crippen molar-refractivity contribution in [2.24, 2.45) is 5.92 Å². The van der Waals surface area contributed by atoms with Gasteiger partial charge in [0.15, 0.2) is 5.69 Å². The van der Waals surface area contributed by atoms with Crippen LogP contribution in [-0.4, -0.2) is 51.7 Å². The van der Waals surface area contributed by atoms with Crippen LogP contribution in [0.1, 0.15) is 23.3 Å². The maximum absolute atomic E-state index is 12.8. The third-order valence-corrected chi connectivity index (χ3v) is 6.25. The Kier molecular flexibility index (Phi) is 4.69. The van der Waals surface area contributed by atoms with Gasteiger partial charge in [0.25, 0.3) is 5.91 Å². The minimum Gasteiger partial charge on any atom is -0.346 e. The molecule has 6 rings (SSSR count). The van der Waals surface area contributed by atoms with E-state index in [1.807, 2.05) is 23.6 Å². The second-order valence-corrected chi connectivity index (χ2v) is 7.78. The number of rotatable bonds is 3. The number of aromatic nitrogens is 3. The lowest BCUT2D eigenvalue weighted by atomic mass is 9.84. The van der Waals surface area contributed by atoms with Crippen molar-refractivity contribution in [1.29, 1.82) is 0 Å². The summed E-state index contributed by atoms with van der Waals surface area (Å²) in [5.74, 6) is 0.530. The minimum absolute atomic E-state index is 0. The van der Waals surface area contributed by atoms with E-state index in [1.54, 1.807) is 17.5 Å². The number of piperidine rings is 3. The largest absolute Gasteiger partial charge is 0.346 e. The average molecular weight is 390 g/mol. The number of carbonyl (C=O) groups is 1. The molecule has 3 aliphatic rings. The highest BCUT2D eigenvalue weighted by atomic mass is 35.5. The van der Waals surface area contributed by atoms with Gasteiger partial charge in [-0.2, -0.15) is 5.10 Å². The minimum atomic E-state index is -0.0769. The Morgan fingerprint density at radius 3 is 2.85 bits per heavy atom. The number of nitrogens with one attached hydrogen (secondary N) is 2. The molecule has 136 valence electrons. The summed E-state index contributed by atoms with van der Waals surface area (Å²) in [5.41, 5.74) is 2.39. The number of H-pyrrole nitrogens is 1. The first kappa shape index (κ1) is 17.5. The predicted molar refractivity (Wildman–Crippen MR) is 105 cm³/mol. The molecule has 0 aliphatic carbocycles. The van der Waals surface area contributed by atoms with Crippen molar-refractivity contribution in [2.75, 3.05) is 19.6 Å². The van der Waals surface area contributed by atoms with Crippen LogP contribution in [0.25, 0.3) is 21.5 Å². The quantitative estimate of drug-likeness (QED) is 0.722. The van der Waals surface area contributed by atoms with Gasteiger partial charge >= 0.3 is 0 Å². The zero-order valence-electron chi connectivity index (χ0n) is 14.1. The zero-order valence-corrected chi connectivity index (χ0v) is 15.8. The summed E-state index contributed by atoms with van der Waals surface area (Å²) in [4.78, 5) is 19.5. The number of amides is 1. The van der Waals surface area contributed by atoms with E-state index in [0.29, 0.717) is 11.6 Å². The van der Waals surface area contributed by atoms with Crippen LogP contribution in [0.15, 0.2) is 29.8 Å². The molecule has 2 bridgehead atoms. The lowest BCUT2D eigenvalue weighted by molar-refractivity contribution is 0.0618. The molecule has 5 heterocycles. The van der Waals surface area contributed by atoms with E-state index in [9.17, 15) is 4.79 Å². The summed E-state index contributed by atoms with van der Waals surface area (Å²) in [6.45, 7) is 3.30. The molecule has 3 fully saturated rings. The van der Waals surface area contributed by atoms with Gasteiger partial charge in [0, 0.05) is 35.1 Å². The van der Waals surface area contributed by atoms with Crippen LogP contribution in [0.3, 0.4) is 0 Å². The Morgan fingerprint density at radius 1 is 1.31 bits per heavy atom. The van der Waals surface area contributed by atoms with Crippen molar-refractivity contribution >= 4 is 40.6 Å². The maximum atomic E-state index is 12.8. The fourth-order valence-corrected chi connectivity index (χ4v) is 4.69. The predicted octanol–water partition coefficient (Wildman–Crippen LogP) is 2.93. The van der Waals surface area contributed by atoms with Gasteiger partial charge in [-0.25, -0.2) is 4.98 Å². The maximum Gasteiger partial charge on any atom is 0.272 e. The van der Waals surface area contributed by atoms with E-state index in [1.165, 1.54) is 25.9 Å². The van der Waals surface area contributed by atoms with Gasteiger partial charge in [-0.15, -0.1) is 23.7 Å². The van der Waals surface area contributed by atoms with Gasteiger partial charge in [-0.1, -0.05) is 6.07 Å². The van der Waals surface area contributed by atoms with E-state index in [-0.39, 0.29) is 24.4 Å². The molecule has 3 aromatic rings. The van der Waals surface area contributed by atoms with E-state index >= 15 is 0 Å². The van der Waals surface area contributed by atoms with Crippen LogP contribution in [0.5, 0.6) is 0 Å². The van der Waals surface area contributed by atoms with Gasteiger partial charge in [0.1, 0.15) is 5.01 Å². The average Bonchev–Trinajstić information content (AvgIpc) is 3.32. The number of nitrogens with zero attached hydrogens (tertiary/aromatic N) is 3. The lowest BCUT2D eigenvalue weighted by Gasteiger charge is -2.44. The molecule has 0 spiro atoms. The number of carbonyl (C=O) groups excluding carboxylic acids is 1. The van der Waals surface area contributed by atoms with Crippen LogP contribution >= 0.6 is 23.7 Å². The van der Waals surface area contributed by atoms with Crippen LogP contribution in [0, 0.1) is 5.92 Å². The number of halogens is 1. The van der Waals surface area contributed by atoms with Crippen LogP contribution in [0.2, 0.25) is 0 Å². The first-order valence-corrected chi connectivity index (χ1v) is 9.57. The summed E-state index contributed by atoms with van der Waals surface area (Å²) in [5, 5.41) is 14.3. The molecule has 3 saturated heterocycles. The Hall–Kier alpha value is -1.96. The fraction of sp³-hybridized carbons (Fsp3) is 0.389. The fourth-order valence-electron chi connectivity index (χ4n) is 4.06. The molecule has 0 unspecified atom stereocenters. The molecule has 0 radical (unpaired) electrons. The van der Waals surface area contributed by atoms with Gasteiger partial charge < -0.3 is 10.2 Å². The number of aromatic amines is 1. The van der Waals surface area contributed by atoms with Crippen LogP contribution in [0.4, 0.5) is 0 Å². The Bertz CT molecular complexity index is 917. The molecule has 1 amide bonds. The molecule has 8 heteroatoms. The Labute approximate surface area is 161 Å². The summed E-state index contributed by atoms with van der Waals surface area (Å²) in [7, 11) is 0. The molecule has 0 saturated carbocycles. The van der Waals surface area contributed by atoms with Crippen molar-refractivity contribution in [3.05, 3.63) is 35.5 Å². The highest BCUT2D eigenvalue weighted by Crippen LogP contribution is 2.29. The van der Waals surface area contributed by atoms with Crippen molar-refractivity contribution in [2.45, 2.75) is 18.9 Å². The van der Waals surface area contributed by atoms with Crippen molar-refractivity contribution in [1.82, 2.24) is 25.4 Å². The molecule has 2 N–H and O–H groups in total. The molecule has 1 atom stereocenters. The number of thiazole rings is 1. The summed E-state index contributed by atoms with van der Waals surface area (Å²) >= 11 is 1.60. The first-order valence-electron chi connectivity index (χ1n) is 8.69. The molecule has 26 heavy (non-hydrogen) atoms. The second kappa shape index (κ2) is 6.98. The van der Waals surface area contributed by atoms with Gasteiger partial charge in [-0.05, 0) is 44.0 Å². The van der Waals surface area contributed by atoms with E-state index in [4.69, 9.17) is 0 Å². The Balaban J connectivity index is 0.00000168. The number of fused-ring (bicyclic) bond motifs is 4. The SMILES string of the molecule is Cl.O=C(N[C@H]1CN2CCC1CC2)c1n[nH]c2cc(-c3nccs3)ccc12. The number of hydrogen-bond donors (Lipinski definition) is 2. The number of benzene rings is 1. The summed E-state index contributed by atoms with van der Waals surface area (Å²) in [6.07, 6.45) is 4.16. The van der Waals surface area contributed by atoms with Crippen molar-refractivity contribution in [3.63, 3.8) is 0 Å². The van der Waals surface area contributed by atoms with E-state index in [2.05, 4.69) is 25.4 Å². The summed E-state index contributed by atoms with van der Waals surface area (Å²) in [6, 6.07) is 6.21. The summed E-state index contributed by atoms with van der Waals surface area (Å²) < 4.78 is 0. The smallest absolute Gasteiger partial charge is 0.272 e. The molecular formula is C18H20ClN5OS. The van der Waals surface area contributed by atoms with Gasteiger partial charge in [-0.3, -0.25) is 9.89 Å². The van der Waals surface area contributed by atoms with Crippen LogP contribution in [-0.2, 0) is 0 Å². The van der Waals surface area contributed by atoms with E-state index < -0.39 is 0 Å². The molecule has 2 aromatic heterocycles.